The number of carbonyl (C=O) groups excluding carboxylic acids is 2. The number of benzene rings is 1. The van der Waals surface area contributed by atoms with Crippen LogP contribution in [-0.4, -0.2) is 52.5 Å². The van der Waals surface area contributed by atoms with Crippen LogP contribution in [0, 0.1) is 5.92 Å². The first kappa shape index (κ1) is 17.7. The van der Waals surface area contributed by atoms with E-state index in [4.69, 9.17) is 0 Å². The molecule has 2 heterocycles. The Morgan fingerprint density at radius 3 is 2.48 bits per heavy atom. The number of carbonyl (C=O) groups is 2. The Morgan fingerprint density at radius 1 is 1.20 bits per heavy atom. The van der Waals surface area contributed by atoms with Gasteiger partial charge in [-0.25, -0.2) is 0 Å². The number of aliphatic hydroxyl groups excluding tert-OH is 1. The van der Waals surface area contributed by atoms with E-state index in [9.17, 15) is 27.9 Å². The molecule has 8 heteroatoms. The molecule has 1 aromatic carbocycles. The van der Waals surface area contributed by atoms with Crippen LogP contribution in [0.5, 0.6) is 0 Å². The average molecular weight is 356 g/mol. The van der Waals surface area contributed by atoms with E-state index in [1.807, 2.05) is 0 Å². The van der Waals surface area contributed by atoms with Gasteiger partial charge in [0.2, 0.25) is 11.8 Å². The molecule has 0 spiro atoms. The molecule has 0 aromatic heterocycles. The maximum Gasteiger partial charge on any atom is 0.416 e. The van der Waals surface area contributed by atoms with E-state index in [0.717, 1.165) is 12.1 Å². The van der Waals surface area contributed by atoms with Crippen LogP contribution in [-0.2, 0) is 15.8 Å². The largest absolute Gasteiger partial charge is 0.416 e. The fraction of sp³-hybridized carbons (Fsp3) is 0.529. The van der Waals surface area contributed by atoms with E-state index in [1.54, 1.807) is 6.07 Å². The number of hydrogen-bond acceptors (Lipinski definition) is 3. The molecule has 2 aliphatic heterocycles. The van der Waals surface area contributed by atoms with Gasteiger partial charge in [-0.15, -0.1) is 0 Å². The highest BCUT2D eigenvalue weighted by molar-refractivity contribution is 5.84. The van der Waals surface area contributed by atoms with Crippen molar-refractivity contribution in [3.8, 4) is 0 Å². The van der Waals surface area contributed by atoms with Crippen LogP contribution in [0.15, 0.2) is 24.3 Å². The van der Waals surface area contributed by atoms with Crippen molar-refractivity contribution >= 4 is 11.8 Å². The zero-order valence-electron chi connectivity index (χ0n) is 13.7. The molecule has 3 rings (SSSR count). The quantitative estimate of drug-likeness (QED) is 0.879. The zero-order chi connectivity index (χ0) is 18.4. The van der Waals surface area contributed by atoms with Gasteiger partial charge in [-0.2, -0.15) is 13.2 Å². The Balaban J connectivity index is 1.79. The third-order valence-corrected chi connectivity index (χ3v) is 4.84. The molecule has 5 nitrogen and oxygen atoms in total. The molecular formula is C17H19F3N2O3. The van der Waals surface area contributed by atoms with Gasteiger partial charge >= 0.3 is 6.18 Å². The molecule has 2 aliphatic rings. The van der Waals surface area contributed by atoms with Crippen LogP contribution in [0.4, 0.5) is 13.2 Å². The predicted molar refractivity (Wildman–Crippen MR) is 82.3 cm³/mol. The smallest absolute Gasteiger partial charge is 0.391 e. The summed E-state index contributed by atoms with van der Waals surface area (Å²) in [4.78, 5) is 26.9. The van der Waals surface area contributed by atoms with Crippen LogP contribution in [0.3, 0.4) is 0 Å². The Morgan fingerprint density at radius 2 is 1.88 bits per heavy atom. The fourth-order valence-electron chi connectivity index (χ4n) is 3.42. The first-order chi connectivity index (χ1) is 11.7. The van der Waals surface area contributed by atoms with E-state index in [2.05, 4.69) is 0 Å². The van der Waals surface area contributed by atoms with Crippen LogP contribution in [0.25, 0.3) is 0 Å². The van der Waals surface area contributed by atoms with E-state index in [0.29, 0.717) is 18.7 Å². The van der Waals surface area contributed by atoms with Gasteiger partial charge in [0.1, 0.15) is 0 Å². The number of halogens is 3. The van der Waals surface area contributed by atoms with Gasteiger partial charge < -0.3 is 14.9 Å². The van der Waals surface area contributed by atoms with E-state index >= 15 is 0 Å². The molecule has 1 aromatic rings. The molecule has 136 valence electrons. The highest BCUT2D eigenvalue weighted by Gasteiger charge is 2.43. The second-order valence-electron chi connectivity index (χ2n) is 6.64. The van der Waals surface area contributed by atoms with Crippen molar-refractivity contribution in [2.75, 3.05) is 19.6 Å². The Kier molecular flexibility index (Phi) is 4.49. The molecule has 0 unspecified atom stereocenters. The maximum atomic E-state index is 12.9. The van der Waals surface area contributed by atoms with Crippen molar-refractivity contribution in [2.45, 2.75) is 31.7 Å². The number of likely N-dealkylation sites (tertiary alicyclic amines) is 2. The second-order valence-corrected chi connectivity index (χ2v) is 6.64. The summed E-state index contributed by atoms with van der Waals surface area (Å²) in [7, 11) is 0. The van der Waals surface area contributed by atoms with E-state index in [-0.39, 0.29) is 30.7 Å². The number of aliphatic hydroxyl groups is 1. The Hall–Kier alpha value is -2.09. The van der Waals surface area contributed by atoms with Crippen LogP contribution < -0.4 is 0 Å². The molecule has 2 saturated heterocycles. The van der Waals surface area contributed by atoms with Crippen molar-refractivity contribution in [2.24, 2.45) is 5.92 Å². The van der Waals surface area contributed by atoms with Crippen molar-refractivity contribution in [1.82, 2.24) is 9.80 Å². The average Bonchev–Trinajstić information content (AvgIpc) is 2.86. The van der Waals surface area contributed by atoms with Gasteiger partial charge in [-0.3, -0.25) is 9.59 Å². The lowest BCUT2D eigenvalue weighted by molar-refractivity contribution is -0.148. The first-order valence-corrected chi connectivity index (χ1v) is 8.08. The monoisotopic (exact) mass is 356 g/mol. The SMILES string of the molecule is CC(=O)N1CC(C(=O)N2C[C@H](O)C[C@@H]2c2cccc(C(F)(F)F)c2)C1. The van der Waals surface area contributed by atoms with Crippen molar-refractivity contribution in [3.63, 3.8) is 0 Å². The molecule has 2 atom stereocenters. The number of hydrogen-bond donors (Lipinski definition) is 1. The van der Waals surface area contributed by atoms with Crippen LogP contribution >= 0.6 is 0 Å². The highest BCUT2D eigenvalue weighted by Crippen LogP contribution is 2.37. The summed E-state index contributed by atoms with van der Waals surface area (Å²) in [6.45, 7) is 2.15. The zero-order valence-corrected chi connectivity index (χ0v) is 13.7. The molecule has 25 heavy (non-hydrogen) atoms. The Bertz CT molecular complexity index is 686. The summed E-state index contributed by atoms with van der Waals surface area (Å²) >= 11 is 0. The van der Waals surface area contributed by atoms with Crippen molar-refractivity contribution < 1.29 is 27.9 Å². The van der Waals surface area contributed by atoms with Crippen LogP contribution in [0.2, 0.25) is 0 Å². The fourth-order valence-corrected chi connectivity index (χ4v) is 3.42. The molecule has 2 fully saturated rings. The minimum atomic E-state index is -4.46. The summed E-state index contributed by atoms with van der Waals surface area (Å²) in [5, 5.41) is 9.94. The molecule has 0 bridgehead atoms. The van der Waals surface area contributed by atoms with E-state index < -0.39 is 23.9 Å². The lowest BCUT2D eigenvalue weighted by atomic mass is 9.96. The third kappa shape index (κ3) is 3.49. The second kappa shape index (κ2) is 6.33. The lowest BCUT2D eigenvalue weighted by Crippen LogP contribution is -2.55. The Labute approximate surface area is 143 Å². The third-order valence-electron chi connectivity index (χ3n) is 4.84. The van der Waals surface area contributed by atoms with Gasteiger partial charge in [-0.05, 0) is 24.1 Å². The van der Waals surface area contributed by atoms with Gasteiger partial charge in [0.05, 0.1) is 23.6 Å². The first-order valence-electron chi connectivity index (χ1n) is 8.08. The highest BCUT2D eigenvalue weighted by atomic mass is 19.4. The summed E-state index contributed by atoms with van der Waals surface area (Å²) < 4.78 is 38.8. The van der Waals surface area contributed by atoms with Gasteiger partial charge in [0.15, 0.2) is 0 Å². The predicted octanol–water partition coefficient (Wildman–Crippen LogP) is 1.82. The summed E-state index contributed by atoms with van der Waals surface area (Å²) in [5.41, 5.74) is -0.410. The van der Waals surface area contributed by atoms with Gasteiger partial charge in [0.25, 0.3) is 0 Å². The number of amides is 2. The number of alkyl halides is 3. The molecule has 2 amide bonds. The lowest BCUT2D eigenvalue weighted by Gasteiger charge is -2.40. The maximum absolute atomic E-state index is 12.9. The molecule has 0 aliphatic carbocycles. The molecule has 0 radical (unpaired) electrons. The minimum Gasteiger partial charge on any atom is -0.391 e. The van der Waals surface area contributed by atoms with E-state index in [1.165, 1.54) is 22.8 Å². The standard InChI is InChI=1S/C17H19F3N2O3/c1-10(23)21-7-12(8-21)16(25)22-9-14(24)6-15(22)11-3-2-4-13(5-11)17(18,19)20/h2-5,12,14-15,24H,6-9H2,1H3/t14-,15-/m1/s1. The van der Waals surface area contributed by atoms with Crippen molar-refractivity contribution in [1.29, 1.82) is 0 Å². The number of rotatable bonds is 2. The topological polar surface area (TPSA) is 60.9 Å². The summed E-state index contributed by atoms with van der Waals surface area (Å²) in [6.07, 6.45) is -5.03. The molecule has 1 N–H and O–H groups in total. The number of nitrogens with zero attached hydrogens (tertiary/aromatic N) is 2. The molecular weight excluding hydrogens is 337 g/mol. The van der Waals surface area contributed by atoms with Gasteiger partial charge in [0, 0.05) is 26.6 Å². The van der Waals surface area contributed by atoms with Gasteiger partial charge in [-0.1, -0.05) is 12.1 Å². The number of β-amino-alcohol motifs (C(OH)–C–C–N with tert-alkyl or cyclic N) is 1. The normalized spacial score (nSPS) is 24.4. The van der Waals surface area contributed by atoms with Crippen molar-refractivity contribution in [3.05, 3.63) is 35.4 Å². The molecule has 0 saturated carbocycles. The van der Waals surface area contributed by atoms with Crippen LogP contribution in [0.1, 0.15) is 30.5 Å². The minimum absolute atomic E-state index is 0.0936. The summed E-state index contributed by atoms with van der Waals surface area (Å²) in [5.74, 6) is -0.695. The summed E-state index contributed by atoms with van der Waals surface area (Å²) in [6, 6.07) is 4.28.